The first-order valence-corrected chi connectivity index (χ1v) is 7.71. The van der Waals surface area contributed by atoms with E-state index in [1.54, 1.807) is 0 Å². The van der Waals surface area contributed by atoms with Gasteiger partial charge in [0.25, 0.3) is 0 Å². The lowest BCUT2D eigenvalue weighted by Gasteiger charge is -2.57. The van der Waals surface area contributed by atoms with Crippen molar-refractivity contribution >= 4 is 22.4 Å². The molecule has 0 radical (unpaired) electrons. The maximum Gasteiger partial charge on any atom is 0.247 e. The molecule has 0 aliphatic heterocycles. The van der Waals surface area contributed by atoms with E-state index in [0.717, 1.165) is 11.4 Å². The van der Waals surface area contributed by atoms with E-state index in [9.17, 15) is 4.79 Å². The van der Waals surface area contributed by atoms with Crippen LogP contribution in [0.4, 0.5) is 5.13 Å². The van der Waals surface area contributed by atoms with Gasteiger partial charge >= 0.3 is 0 Å². The summed E-state index contributed by atoms with van der Waals surface area (Å²) in [6, 6.07) is 0. The zero-order valence-electron chi connectivity index (χ0n) is 12.4. The summed E-state index contributed by atoms with van der Waals surface area (Å²) in [5, 5.41) is 12.1. The van der Waals surface area contributed by atoms with Crippen LogP contribution in [0.1, 0.15) is 39.1 Å². The molecule has 0 aromatic carbocycles. The molecule has 1 saturated carbocycles. The van der Waals surface area contributed by atoms with Crippen molar-refractivity contribution < 1.29 is 9.53 Å². The number of nitrogens with zero attached hydrogens (tertiary/aromatic N) is 2. The molecule has 20 heavy (non-hydrogen) atoms. The number of carbonyl (C=O) groups is 1. The molecule has 7 heteroatoms. The van der Waals surface area contributed by atoms with Gasteiger partial charge in [0.05, 0.1) is 6.10 Å². The van der Waals surface area contributed by atoms with E-state index in [4.69, 9.17) is 10.5 Å². The molecular formula is C13H22N4O2S. The number of aryl methyl sites for hydroxylation is 1. The molecule has 6 nitrogen and oxygen atoms in total. The Kier molecular flexibility index (Phi) is 4.13. The molecule has 1 fully saturated rings. The molecule has 1 aromatic rings. The minimum Gasteiger partial charge on any atom is -0.378 e. The van der Waals surface area contributed by atoms with E-state index < -0.39 is 11.0 Å². The molecule has 1 amide bonds. The Labute approximate surface area is 123 Å². The molecule has 0 saturated heterocycles. The molecule has 2 unspecified atom stereocenters. The number of hydrogen-bond acceptors (Lipinski definition) is 6. The summed E-state index contributed by atoms with van der Waals surface area (Å²) in [5.74, 6) is -0.211. The van der Waals surface area contributed by atoms with Crippen molar-refractivity contribution in [2.75, 3.05) is 11.9 Å². The lowest BCUT2D eigenvalue weighted by molar-refractivity contribution is -0.166. The summed E-state index contributed by atoms with van der Waals surface area (Å²) in [6.07, 6.45) is 1.35. The number of rotatable bonds is 5. The minimum atomic E-state index is -0.926. The van der Waals surface area contributed by atoms with Crippen LogP contribution < -0.4 is 11.1 Å². The lowest BCUT2D eigenvalue weighted by atomic mass is 9.54. The average Bonchev–Trinajstić information content (AvgIpc) is 2.85. The smallest absolute Gasteiger partial charge is 0.247 e. The van der Waals surface area contributed by atoms with E-state index in [-0.39, 0.29) is 12.0 Å². The van der Waals surface area contributed by atoms with Crippen LogP contribution in [0.5, 0.6) is 0 Å². The zero-order valence-corrected chi connectivity index (χ0v) is 13.2. The van der Waals surface area contributed by atoms with Crippen LogP contribution in [-0.2, 0) is 16.0 Å². The van der Waals surface area contributed by atoms with Crippen LogP contribution in [-0.4, -0.2) is 34.4 Å². The largest absolute Gasteiger partial charge is 0.378 e. The van der Waals surface area contributed by atoms with E-state index in [1.807, 2.05) is 27.7 Å². The third-order valence-corrected chi connectivity index (χ3v) is 5.21. The van der Waals surface area contributed by atoms with Crippen LogP contribution in [0.25, 0.3) is 0 Å². The summed E-state index contributed by atoms with van der Waals surface area (Å²) < 4.78 is 5.63. The number of nitrogens with one attached hydrogen (secondary N) is 1. The molecule has 2 rings (SSSR count). The molecule has 0 spiro atoms. The second-order valence-electron chi connectivity index (χ2n) is 5.65. The number of carbonyl (C=O) groups excluding carboxylic acids is 1. The van der Waals surface area contributed by atoms with Gasteiger partial charge in [-0.15, -0.1) is 10.2 Å². The number of anilines is 1. The monoisotopic (exact) mass is 298 g/mol. The van der Waals surface area contributed by atoms with Crippen molar-refractivity contribution in [2.24, 2.45) is 11.1 Å². The van der Waals surface area contributed by atoms with Crippen LogP contribution in [0.2, 0.25) is 0 Å². The van der Waals surface area contributed by atoms with Crippen LogP contribution in [0.15, 0.2) is 0 Å². The Morgan fingerprint density at radius 1 is 1.50 bits per heavy atom. The summed E-state index contributed by atoms with van der Waals surface area (Å²) >= 11 is 1.38. The summed E-state index contributed by atoms with van der Waals surface area (Å²) in [5.41, 5.74) is 4.97. The Bertz CT molecular complexity index is 502. The van der Waals surface area contributed by atoms with Gasteiger partial charge in [0.15, 0.2) is 0 Å². The number of ether oxygens (including phenoxy) is 1. The van der Waals surface area contributed by atoms with Crippen LogP contribution in [0, 0.1) is 5.41 Å². The third-order valence-electron chi connectivity index (χ3n) is 4.22. The van der Waals surface area contributed by atoms with Crippen molar-refractivity contribution in [3.05, 3.63) is 5.01 Å². The van der Waals surface area contributed by atoms with Crippen molar-refractivity contribution in [3.8, 4) is 0 Å². The first kappa shape index (κ1) is 15.3. The Morgan fingerprint density at radius 3 is 2.70 bits per heavy atom. The average molecular weight is 298 g/mol. The highest BCUT2D eigenvalue weighted by atomic mass is 32.1. The van der Waals surface area contributed by atoms with E-state index >= 15 is 0 Å². The normalized spacial score (nSPS) is 27.9. The molecule has 1 aliphatic rings. The van der Waals surface area contributed by atoms with Gasteiger partial charge < -0.3 is 10.5 Å². The minimum absolute atomic E-state index is 0.0175. The fourth-order valence-corrected chi connectivity index (χ4v) is 3.15. The van der Waals surface area contributed by atoms with Gasteiger partial charge in [-0.05, 0) is 13.3 Å². The number of aromatic nitrogens is 2. The lowest BCUT2D eigenvalue weighted by Crippen LogP contribution is -2.74. The van der Waals surface area contributed by atoms with Crippen molar-refractivity contribution in [1.82, 2.24) is 10.2 Å². The SMILES string of the molecule is CCOC1CC(N)(C(=O)Nc2nnc(CC)s2)C1(C)C. The summed E-state index contributed by atoms with van der Waals surface area (Å²) in [4.78, 5) is 12.4. The first-order chi connectivity index (χ1) is 9.35. The van der Waals surface area contributed by atoms with E-state index in [0.29, 0.717) is 18.2 Å². The summed E-state index contributed by atoms with van der Waals surface area (Å²) in [7, 11) is 0. The quantitative estimate of drug-likeness (QED) is 0.861. The predicted octanol–water partition coefficient (Wildman–Crippen LogP) is 1.57. The molecule has 3 N–H and O–H groups in total. The van der Waals surface area contributed by atoms with Gasteiger partial charge in [-0.1, -0.05) is 32.1 Å². The standard InChI is InChI=1S/C13H22N4O2S/c1-5-9-16-17-11(20-9)15-10(18)13(14)7-8(19-6-2)12(13,3)4/h8H,5-7,14H2,1-4H3,(H,15,17,18). The van der Waals surface area contributed by atoms with E-state index in [2.05, 4.69) is 15.5 Å². The zero-order chi connectivity index (χ0) is 15.0. The van der Waals surface area contributed by atoms with E-state index in [1.165, 1.54) is 11.3 Å². The fourth-order valence-electron chi connectivity index (χ4n) is 2.48. The highest BCUT2D eigenvalue weighted by Gasteiger charge is 2.63. The van der Waals surface area contributed by atoms with Crippen molar-refractivity contribution in [3.63, 3.8) is 0 Å². The maximum absolute atomic E-state index is 12.4. The van der Waals surface area contributed by atoms with Gasteiger partial charge in [0.2, 0.25) is 11.0 Å². The molecule has 1 heterocycles. The highest BCUT2D eigenvalue weighted by molar-refractivity contribution is 7.15. The second kappa shape index (κ2) is 5.38. The molecule has 112 valence electrons. The number of amides is 1. The van der Waals surface area contributed by atoms with Crippen molar-refractivity contribution in [1.29, 1.82) is 0 Å². The van der Waals surface area contributed by atoms with Gasteiger partial charge in [-0.2, -0.15) is 0 Å². The third kappa shape index (κ3) is 2.34. The summed E-state index contributed by atoms with van der Waals surface area (Å²) in [6.45, 7) is 8.50. The molecule has 0 bridgehead atoms. The van der Waals surface area contributed by atoms with Gasteiger partial charge in [0.1, 0.15) is 10.5 Å². The molecule has 2 atom stereocenters. The van der Waals surface area contributed by atoms with Crippen LogP contribution in [0.3, 0.4) is 0 Å². The Morgan fingerprint density at radius 2 is 2.20 bits per heavy atom. The highest BCUT2D eigenvalue weighted by Crippen LogP contribution is 2.50. The first-order valence-electron chi connectivity index (χ1n) is 6.89. The van der Waals surface area contributed by atoms with Gasteiger partial charge in [-0.25, -0.2) is 0 Å². The topological polar surface area (TPSA) is 90.1 Å². The molecule has 1 aromatic heterocycles. The van der Waals surface area contributed by atoms with Gasteiger partial charge in [-0.3, -0.25) is 10.1 Å². The fraction of sp³-hybridized carbons (Fsp3) is 0.769. The molecule has 1 aliphatic carbocycles. The number of hydrogen-bond donors (Lipinski definition) is 2. The maximum atomic E-state index is 12.4. The molecular weight excluding hydrogens is 276 g/mol. The van der Waals surface area contributed by atoms with Gasteiger partial charge in [0, 0.05) is 18.4 Å². The second-order valence-corrected chi connectivity index (χ2v) is 6.71. The Hall–Kier alpha value is -1.05. The van der Waals surface area contributed by atoms with Crippen molar-refractivity contribution in [2.45, 2.75) is 52.2 Å². The van der Waals surface area contributed by atoms with Crippen LogP contribution >= 0.6 is 11.3 Å². The predicted molar refractivity (Wildman–Crippen MR) is 78.6 cm³/mol. The Balaban J connectivity index is 2.06. The number of nitrogens with two attached hydrogens (primary N) is 1.